The molecule has 30 heavy (non-hydrogen) atoms. The van der Waals surface area contributed by atoms with E-state index in [1.54, 1.807) is 7.11 Å². The Morgan fingerprint density at radius 1 is 1.07 bits per heavy atom. The molecule has 2 heterocycles. The Kier molecular flexibility index (Phi) is 6.70. The second-order valence-electron chi connectivity index (χ2n) is 8.39. The van der Waals surface area contributed by atoms with E-state index in [0.29, 0.717) is 19.8 Å². The number of methoxy groups -OCH3 is 1. The van der Waals surface area contributed by atoms with Crippen molar-refractivity contribution >= 4 is 5.91 Å². The SMILES string of the molecule is COc1ccc(-c2cccc(CC3(C(=O)N[C@H]4CCCOC4)CCOCC3)c2)cc1. The third-order valence-electron chi connectivity index (χ3n) is 6.32. The van der Waals surface area contributed by atoms with Gasteiger partial charge < -0.3 is 19.5 Å². The van der Waals surface area contributed by atoms with Crippen molar-refractivity contribution in [3.05, 3.63) is 54.1 Å². The highest BCUT2D eigenvalue weighted by Crippen LogP contribution is 2.36. The number of ether oxygens (including phenoxy) is 3. The standard InChI is InChI=1S/C25H31NO4/c1-28-23-9-7-20(8-10-23)21-5-2-4-19(16-21)17-25(11-14-29-15-12-25)24(27)26-22-6-3-13-30-18-22/h2,4-5,7-10,16,22H,3,6,11-15,17-18H2,1H3,(H,26,27)/t22-/m0/s1. The molecule has 2 aromatic carbocycles. The van der Waals surface area contributed by atoms with Crippen LogP contribution in [0.2, 0.25) is 0 Å². The lowest BCUT2D eigenvalue weighted by atomic mass is 9.74. The molecule has 0 unspecified atom stereocenters. The predicted octanol–water partition coefficient (Wildman–Crippen LogP) is 4.00. The van der Waals surface area contributed by atoms with Gasteiger partial charge in [0.1, 0.15) is 5.75 Å². The first-order valence-corrected chi connectivity index (χ1v) is 10.9. The molecule has 0 bridgehead atoms. The van der Waals surface area contributed by atoms with E-state index in [0.717, 1.165) is 55.6 Å². The zero-order chi connectivity index (χ0) is 20.8. The van der Waals surface area contributed by atoms with E-state index in [9.17, 15) is 4.79 Å². The van der Waals surface area contributed by atoms with E-state index >= 15 is 0 Å². The highest BCUT2D eigenvalue weighted by atomic mass is 16.5. The van der Waals surface area contributed by atoms with Crippen molar-refractivity contribution in [3.8, 4) is 16.9 Å². The Labute approximate surface area is 178 Å². The molecule has 2 aliphatic rings. The van der Waals surface area contributed by atoms with Crippen LogP contribution in [0.25, 0.3) is 11.1 Å². The molecule has 1 amide bonds. The van der Waals surface area contributed by atoms with Crippen molar-refractivity contribution in [2.75, 3.05) is 33.5 Å². The molecule has 0 aliphatic carbocycles. The van der Waals surface area contributed by atoms with E-state index in [-0.39, 0.29) is 11.9 Å². The van der Waals surface area contributed by atoms with Crippen LogP contribution in [0, 0.1) is 5.41 Å². The highest BCUT2D eigenvalue weighted by Gasteiger charge is 2.41. The monoisotopic (exact) mass is 409 g/mol. The van der Waals surface area contributed by atoms with Gasteiger partial charge in [0, 0.05) is 19.8 Å². The van der Waals surface area contributed by atoms with Crippen LogP contribution >= 0.6 is 0 Å². The Bertz CT molecular complexity index is 836. The maximum absolute atomic E-state index is 13.4. The number of rotatable bonds is 6. The first-order valence-electron chi connectivity index (χ1n) is 10.9. The number of benzene rings is 2. The molecule has 2 aromatic rings. The first-order chi connectivity index (χ1) is 14.7. The molecule has 2 fully saturated rings. The molecule has 0 aromatic heterocycles. The molecule has 0 spiro atoms. The van der Waals surface area contributed by atoms with Crippen LogP contribution in [0.3, 0.4) is 0 Å². The van der Waals surface area contributed by atoms with Gasteiger partial charge >= 0.3 is 0 Å². The van der Waals surface area contributed by atoms with Gasteiger partial charge in [-0.15, -0.1) is 0 Å². The molecule has 5 nitrogen and oxygen atoms in total. The molecule has 1 N–H and O–H groups in total. The summed E-state index contributed by atoms with van der Waals surface area (Å²) >= 11 is 0. The minimum atomic E-state index is -0.422. The van der Waals surface area contributed by atoms with Gasteiger partial charge in [0.15, 0.2) is 0 Å². The topological polar surface area (TPSA) is 56.8 Å². The maximum atomic E-state index is 13.4. The van der Waals surface area contributed by atoms with Crippen molar-refractivity contribution in [3.63, 3.8) is 0 Å². The van der Waals surface area contributed by atoms with Gasteiger partial charge in [0.2, 0.25) is 5.91 Å². The zero-order valence-electron chi connectivity index (χ0n) is 17.7. The number of carbonyl (C=O) groups is 1. The lowest BCUT2D eigenvalue weighted by Crippen LogP contribution is -2.51. The smallest absolute Gasteiger partial charge is 0.227 e. The molecule has 160 valence electrons. The third-order valence-corrected chi connectivity index (χ3v) is 6.32. The molecule has 0 saturated carbocycles. The van der Waals surface area contributed by atoms with Gasteiger partial charge in [-0.2, -0.15) is 0 Å². The molecule has 2 saturated heterocycles. The number of amides is 1. The van der Waals surface area contributed by atoms with Crippen molar-refractivity contribution in [1.82, 2.24) is 5.32 Å². The molecule has 4 rings (SSSR count). The van der Waals surface area contributed by atoms with Gasteiger partial charge in [-0.05, 0) is 60.9 Å². The lowest BCUT2D eigenvalue weighted by molar-refractivity contribution is -0.138. The molecular formula is C25H31NO4. The van der Waals surface area contributed by atoms with Gasteiger partial charge in [-0.25, -0.2) is 0 Å². The molecule has 5 heteroatoms. The molecular weight excluding hydrogens is 378 g/mol. The summed E-state index contributed by atoms with van der Waals surface area (Å²) in [5.74, 6) is 0.996. The summed E-state index contributed by atoms with van der Waals surface area (Å²) in [6, 6.07) is 16.7. The van der Waals surface area contributed by atoms with Crippen LogP contribution < -0.4 is 10.1 Å². The van der Waals surface area contributed by atoms with Crippen LogP contribution in [-0.4, -0.2) is 45.5 Å². The zero-order valence-corrected chi connectivity index (χ0v) is 17.7. The third kappa shape index (κ3) is 4.85. The fourth-order valence-electron chi connectivity index (χ4n) is 4.47. The van der Waals surface area contributed by atoms with Gasteiger partial charge in [-0.1, -0.05) is 36.4 Å². The van der Waals surface area contributed by atoms with Crippen LogP contribution in [0.15, 0.2) is 48.5 Å². The van der Waals surface area contributed by atoms with Crippen molar-refractivity contribution in [2.45, 2.75) is 38.1 Å². The van der Waals surface area contributed by atoms with Crippen LogP contribution in [-0.2, 0) is 20.7 Å². The summed E-state index contributed by atoms with van der Waals surface area (Å²) in [6.07, 6.45) is 4.22. The summed E-state index contributed by atoms with van der Waals surface area (Å²) < 4.78 is 16.4. The number of hydrogen-bond donors (Lipinski definition) is 1. The molecule has 1 atom stereocenters. The van der Waals surface area contributed by atoms with Gasteiger partial charge in [0.25, 0.3) is 0 Å². The highest BCUT2D eigenvalue weighted by molar-refractivity contribution is 5.83. The number of nitrogens with one attached hydrogen (secondary N) is 1. The van der Waals surface area contributed by atoms with E-state index in [1.807, 2.05) is 12.1 Å². The van der Waals surface area contributed by atoms with Crippen LogP contribution in [0.4, 0.5) is 0 Å². The van der Waals surface area contributed by atoms with Crippen molar-refractivity contribution < 1.29 is 19.0 Å². The van der Waals surface area contributed by atoms with Gasteiger partial charge in [-0.3, -0.25) is 4.79 Å². The van der Waals surface area contributed by atoms with Gasteiger partial charge in [0.05, 0.1) is 25.2 Å². The van der Waals surface area contributed by atoms with Crippen molar-refractivity contribution in [1.29, 1.82) is 0 Å². The predicted molar refractivity (Wildman–Crippen MR) is 117 cm³/mol. The minimum absolute atomic E-state index is 0.122. The summed E-state index contributed by atoms with van der Waals surface area (Å²) in [5, 5.41) is 3.28. The average molecular weight is 410 g/mol. The Morgan fingerprint density at radius 3 is 2.57 bits per heavy atom. The first kappa shape index (κ1) is 20.9. The minimum Gasteiger partial charge on any atom is -0.497 e. The Balaban J connectivity index is 1.53. The number of carbonyl (C=O) groups excluding carboxylic acids is 1. The summed E-state index contributed by atoms with van der Waals surface area (Å²) in [7, 11) is 1.67. The van der Waals surface area contributed by atoms with E-state index < -0.39 is 5.41 Å². The van der Waals surface area contributed by atoms with E-state index in [4.69, 9.17) is 14.2 Å². The van der Waals surface area contributed by atoms with E-state index in [1.165, 1.54) is 5.56 Å². The fraction of sp³-hybridized carbons (Fsp3) is 0.480. The maximum Gasteiger partial charge on any atom is 0.227 e. The van der Waals surface area contributed by atoms with Crippen molar-refractivity contribution in [2.24, 2.45) is 5.41 Å². The lowest BCUT2D eigenvalue weighted by Gasteiger charge is -2.37. The largest absolute Gasteiger partial charge is 0.497 e. The Hall–Kier alpha value is -2.37. The quantitative estimate of drug-likeness (QED) is 0.784. The summed E-state index contributed by atoms with van der Waals surface area (Å²) in [5.41, 5.74) is 3.05. The summed E-state index contributed by atoms with van der Waals surface area (Å²) in [6.45, 7) is 2.67. The normalized spacial score (nSPS) is 21.0. The fourth-order valence-corrected chi connectivity index (χ4v) is 4.47. The average Bonchev–Trinajstić information content (AvgIpc) is 2.80. The molecule has 0 radical (unpaired) electrons. The second kappa shape index (κ2) is 9.63. The Morgan fingerprint density at radius 2 is 1.87 bits per heavy atom. The second-order valence-corrected chi connectivity index (χ2v) is 8.39. The summed E-state index contributed by atoms with van der Waals surface area (Å²) in [4.78, 5) is 13.4. The van der Waals surface area contributed by atoms with E-state index in [2.05, 4.69) is 41.7 Å². The van der Waals surface area contributed by atoms with Crippen LogP contribution in [0.5, 0.6) is 5.75 Å². The molecule has 2 aliphatic heterocycles. The van der Waals surface area contributed by atoms with Crippen LogP contribution in [0.1, 0.15) is 31.2 Å². The number of hydrogen-bond acceptors (Lipinski definition) is 4.